The summed E-state index contributed by atoms with van der Waals surface area (Å²) >= 11 is 0. The summed E-state index contributed by atoms with van der Waals surface area (Å²) in [7, 11) is 0. The maximum Gasteiger partial charge on any atom is 0.410 e. The van der Waals surface area contributed by atoms with E-state index < -0.39 is 5.60 Å². The molecule has 0 saturated carbocycles. The first-order valence-corrected chi connectivity index (χ1v) is 11.2. The van der Waals surface area contributed by atoms with Crippen molar-refractivity contribution < 1.29 is 19.4 Å². The Morgan fingerprint density at radius 2 is 1.78 bits per heavy atom. The van der Waals surface area contributed by atoms with Crippen molar-refractivity contribution >= 4 is 11.6 Å². The smallest absolute Gasteiger partial charge is 0.410 e. The summed E-state index contributed by atoms with van der Waals surface area (Å²) < 4.78 is 14.1. The number of fused-ring (bicyclic) bond motifs is 3. The fourth-order valence-corrected chi connectivity index (χ4v) is 4.92. The molecule has 7 nitrogen and oxygen atoms in total. The number of imidazole rings is 1. The zero-order valence-electron chi connectivity index (χ0n) is 18.7. The molecule has 5 rings (SSSR count). The van der Waals surface area contributed by atoms with E-state index in [-0.39, 0.29) is 30.0 Å². The Bertz CT molecular complexity index is 1120. The van der Waals surface area contributed by atoms with Crippen molar-refractivity contribution in [1.82, 2.24) is 14.3 Å². The number of aromatic hydroxyl groups is 1. The fourth-order valence-electron chi connectivity index (χ4n) is 4.92. The van der Waals surface area contributed by atoms with Crippen molar-refractivity contribution in [3.63, 3.8) is 0 Å². The van der Waals surface area contributed by atoms with Gasteiger partial charge in [0.05, 0.1) is 12.5 Å². The van der Waals surface area contributed by atoms with Gasteiger partial charge in [-0.15, -0.1) is 0 Å². The van der Waals surface area contributed by atoms with Gasteiger partial charge in [0.1, 0.15) is 28.7 Å². The number of nitrogens with zero attached hydrogens (tertiary/aromatic N) is 3. The molecular weight excluding hydrogens is 406 g/mol. The van der Waals surface area contributed by atoms with E-state index in [1.165, 1.54) is 0 Å². The van der Waals surface area contributed by atoms with E-state index >= 15 is 0 Å². The molecule has 2 aliphatic rings. The van der Waals surface area contributed by atoms with Crippen molar-refractivity contribution in [3.05, 3.63) is 49.1 Å². The molecule has 1 N–H and O–H groups in total. The van der Waals surface area contributed by atoms with E-state index in [0.717, 1.165) is 48.1 Å². The molecule has 2 aromatic heterocycles. The second-order valence-corrected chi connectivity index (χ2v) is 9.81. The molecular formula is C25H29N3O4. The average molecular weight is 436 g/mol. The minimum atomic E-state index is -0.494. The second kappa shape index (κ2) is 7.73. The van der Waals surface area contributed by atoms with Crippen LogP contribution in [0.15, 0.2) is 49.1 Å². The van der Waals surface area contributed by atoms with Crippen molar-refractivity contribution in [2.75, 3.05) is 0 Å². The van der Waals surface area contributed by atoms with E-state index in [0.29, 0.717) is 0 Å². The molecule has 32 heavy (non-hydrogen) atoms. The minimum absolute atomic E-state index is 0.0277. The molecule has 2 saturated heterocycles. The summed E-state index contributed by atoms with van der Waals surface area (Å²) in [5, 5.41) is 9.61. The number of carbonyl (C=O) groups is 1. The van der Waals surface area contributed by atoms with Gasteiger partial charge < -0.3 is 23.9 Å². The van der Waals surface area contributed by atoms with Crippen LogP contribution in [-0.2, 0) is 4.74 Å². The Hall–Kier alpha value is -3.22. The number of benzene rings is 1. The highest BCUT2D eigenvalue weighted by atomic mass is 16.6. The number of aromatic nitrogens is 2. The lowest BCUT2D eigenvalue weighted by Crippen LogP contribution is -2.50. The van der Waals surface area contributed by atoms with Crippen LogP contribution >= 0.6 is 0 Å². The van der Waals surface area contributed by atoms with Crippen LogP contribution < -0.4 is 4.74 Å². The van der Waals surface area contributed by atoms with Gasteiger partial charge in [0, 0.05) is 36.7 Å². The molecule has 2 aliphatic heterocycles. The van der Waals surface area contributed by atoms with Gasteiger partial charge in [-0.1, -0.05) is 12.1 Å². The van der Waals surface area contributed by atoms with Crippen molar-refractivity contribution in [2.24, 2.45) is 0 Å². The number of rotatable bonds is 3. The molecule has 168 valence electrons. The predicted molar refractivity (Wildman–Crippen MR) is 121 cm³/mol. The van der Waals surface area contributed by atoms with Crippen LogP contribution in [0.4, 0.5) is 4.79 Å². The highest BCUT2D eigenvalue weighted by molar-refractivity contribution is 5.71. The molecule has 3 aromatic rings. The standard InChI is InChI=1S/C25H29N3O4/c1-25(2,3)32-24(30)28-18-6-7-19(28)12-21(11-18)31-23-10-17(14-27-15-26-13-22(23)27)16-4-8-20(29)9-5-16/h4-5,8-10,13-15,18-19,21,29H,6-7,11-12H2,1-3H3/t18-,19?,21?/m0/s1. The molecule has 2 unspecified atom stereocenters. The molecule has 0 radical (unpaired) electrons. The lowest BCUT2D eigenvalue weighted by molar-refractivity contribution is -0.00693. The molecule has 3 atom stereocenters. The van der Waals surface area contributed by atoms with Gasteiger partial charge in [-0.25, -0.2) is 9.78 Å². The number of piperidine rings is 1. The molecule has 4 heterocycles. The van der Waals surface area contributed by atoms with E-state index in [2.05, 4.69) is 4.98 Å². The first-order chi connectivity index (χ1) is 15.3. The third kappa shape index (κ3) is 3.99. The average Bonchev–Trinajstić information content (AvgIpc) is 3.30. The van der Waals surface area contributed by atoms with Crippen LogP contribution in [-0.4, -0.2) is 49.3 Å². The summed E-state index contributed by atoms with van der Waals surface area (Å²) in [6.45, 7) is 5.71. The van der Waals surface area contributed by atoms with Gasteiger partial charge >= 0.3 is 6.09 Å². The van der Waals surface area contributed by atoms with Gasteiger partial charge in [0.15, 0.2) is 0 Å². The zero-order chi connectivity index (χ0) is 22.5. The Kier molecular flexibility index (Phi) is 4.99. The Labute approximate surface area is 187 Å². The van der Waals surface area contributed by atoms with Gasteiger partial charge in [-0.2, -0.15) is 0 Å². The monoisotopic (exact) mass is 435 g/mol. The van der Waals surface area contributed by atoms with Crippen molar-refractivity contribution in [2.45, 2.75) is 70.2 Å². The van der Waals surface area contributed by atoms with E-state index in [1.807, 2.05) is 54.5 Å². The van der Waals surface area contributed by atoms with Crippen LogP contribution in [0.5, 0.6) is 11.5 Å². The van der Waals surface area contributed by atoms with Gasteiger partial charge in [-0.05, 0) is 57.4 Å². The van der Waals surface area contributed by atoms with Gasteiger partial charge in [0.2, 0.25) is 0 Å². The second-order valence-electron chi connectivity index (χ2n) is 9.81. The topological polar surface area (TPSA) is 76.3 Å². The number of phenols is 1. The van der Waals surface area contributed by atoms with E-state index in [9.17, 15) is 9.90 Å². The number of amides is 1. The Morgan fingerprint density at radius 3 is 2.44 bits per heavy atom. The number of carbonyl (C=O) groups excluding carboxylic acids is 1. The highest BCUT2D eigenvalue weighted by Crippen LogP contribution is 2.39. The van der Waals surface area contributed by atoms with Crippen LogP contribution in [0.25, 0.3) is 16.6 Å². The lowest BCUT2D eigenvalue weighted by atomic mass is 10.00. The van der Waals surface area contributed by atoms with Crippen LogP contribution in [0.2, 0.25) is 0 Å². The summed E-state index contributed by atoms with van der Waals surface area (Å²) in [5.41, 5.74) is 2.39. The summed E-state index contributed by atoms with van der Waals surface area (Å²) in [6.07, 6.45) is 8.95. The minimum Gasteiger partial charge on any atom is -0.508 e. The van der Waals surface area contributed by atoms with Gasteiger partial charge in [-0.3, -0.25) is 0 Å². The quantitative estimate of drug-likeness (QED) is 0.625. The third-order valence-electron chi connectivity index (χ3n) is 6.27. The predicted octanol–water partition coefficient (Wildman–Crippen LogP) is 5.02. The van der Waals surface area contributed by atoms with Gasteiger partial charge in [0.25, 0.3) is 0 Å². The van der Waals surface area contributed by atoms with E-state index in [4.69, 9.17) is 9.47 Å². The Balaban J connectivity index is 1.37. The van der Waals surface area contributed by atoms with Crippen molar-refractivity contribution in [1.29, 1.82) is 0 Å². The third-order valence-corrected chi connectivity index (χ3v) is 6.27. The SMILES string of the molecule is CC(C)(C)OC(=O)N1C2CC[C@H]1CC(Oc1cc(-c3ccc(O)cc3)cn3cncc13)C2. The maximum atomic E-state index is 12.7. The molecule has 2 fully saturated rings. The molecule has 1 amide bonds. The van der Waals surface area contributed by atoms with Crippen LogP contribution in [0, 0.1) is 0 Å². The Morgan fingerprint density at radius 1 is 1.09 bits per heavy atom. The van der Waals surface area contributed by atoms with Crippen LogP contribution in [0.3, 0.4) is 0 Å². The largest absolute Gasteiger partial charge is 0.508 e. The lowest BCUT2D eigenvalue weighted by Gasteiger charge is -2.39. The number of ether oxygens (including phenoxy) is 2. The summed E-state index contributed by atoms with van der Waals surface area (Å²) in [5.74, 6) is 1.02. The first-order valence-electron chi connectivity index (χ1n) is 11.2. The molecule has 2 bridgehead atoms. The molecule has 0 spiro atoms. The molecule has 1 aromatic carbocycles. The fraction of sp³-hybridized carbons (Fsp3) is 0.440. The number of hydrogen-bond acceptors (Lipinski definition) is 5. The summed E-state index contributed by atoms with van der Waals surface area (Å²) in [4.78, 5) is 19.0. The molecule has 7 heteroatoms. The first kappa shape index (κ1) is 20.7. The normalized spacial score (nSPS) is 22.8. The number of hydrogen-bond donors (Lipinski definition) is 1. The number of phenolic OH excluding ortho intramolecular Hbond substituents is 1. The van der Waals surface area contributed by atoms with Crippen LogP contribution in [0.1, 0.15) is 46.5 Å². The summed E-state index contributed by atoms with van der Waals surface area (Å²) in [6, 6.07) is 9.46. The van der Waals surface area contributed by atoms with Crippen molar-refractivity contribution in [3.8, 4) is 22.6 Å². The van der Waals surface area contributed by atoms with E-state index in [1.54, 1.807) is 24.7 Å². The highest BCUT2D eigenvalue weighted by Gasteiger charge is 2.45. The maximum absolute atomic E-state index is 12.7. The zero-order valence-corrected chi connectivity index (χ0v) is 18.7. The molecule has 0 aliphatic carbocycles. The number of pyridine rings is 1.